The molecule has 3 aromatic rings. The van der Waals surface area contributed by atoms with Crippen molar-refractivity contribution < 1.29 is 0 Å². The standard InChI is InChI=1S/C18H18N2/c1-12-5-4-6-13(11-12)17-18-15(9-10-19-17)14-7-2-3-8-16(14)20-18/h2-8,11,17,19-20H,9-10H2,1H3/t17-/m0/s1. The van der Waals surface area contributed by atoms with Crippen molar-refractivity contribution in [2.75, 3.05) is 6.54 Å². The summed E-state index contributed by atoms with van der Waals surface area (Å²) in [6.07, 6.45) is 1.10. The molecule has 0 spiro atoms. The van der Waals surface area contributed by atoms with Gasteiger partial charge in [-0.25, -0.2) is 0 Å². The largest absolute Gasteiger partial charge is 0.357 e. The van der Waals surface area contributed by atoms with Crippen molar-refractivity contribution >= 4 is 10.9 Å². The van der Waals surface area contributed by atoms with E-state index in [-0.39, 0.29) is 6.04 Å². The Morgan fingerprint density at radius 3 is 2.85 bits per heavy atom. The summed E-state index contributed by atoms with van der Waals surface area (Å²) in [7, 11) is 0. The molecule has 0 unspecified atom stereocenters. The highest BCUT2D eigenvalue weighted by Gasteiger charge is 2.24. The smallest absolute Gasteiger partial charge is 0.0732 e. The maximum atomic E-state index is 3.65. The van der Waals surface area contributed by atoms with Gasteiger partial charge in [0.15, 0.2) is 0 Å². The van der Waals surface area contributed by atoms with Crippen LogP contribution in [0, 0.1) is 6.92 Å². The van der Waals surface area contributed by atoms with E-state index >= 15 is 0 Å². The van der Waals surface area contributed by atoms with Crippen LogP contribution in [-0.4, -0.2) is 11.5 Å². The van der Waals surface area contributed by atoms with Crippen molar-refractivity contribution in [3.05, 3.63) is 70.9 Å². The van der Waals surface area contributed by atoms with Crippen LogP contribution in [0.1, 0.15) is 28.4 Å². The van der Waals surface area contributed by atoms with Crippen molar-refractivity contribution in [3.8, 4) is 0 Å². The lowest BCUT2D eigenvalue weighted by Crippen LogP contribution is -2.30. The zero-order chi connectivity index (χ0) is 13.5. The highest BCUT2D eigenvalue weighted by atomic mass is 15.0. The lowest BCUT2D eigenvalue weighted by molar-refractivity contribution is 0.560. The fraction of sp³-hybridized carbons (Fsp3) is 0.222. The van der Waals surface area contributed by atoms with Crippen molar-refractivity contribution in [1.29, 1.82) is 0 Å². The summed E-state index contributed by atoms with van der Waals surface area (Å²) in [6, 6.07) is 17.7. The number of rotatable bonds is 1. The minimum Gasteiger partial charge on any atom is -0.357 e. The monoisotopic (exact) mass is 262 g/mol. The molecule has 0 saturated heterocycles. The van der Waals surface area contributed by atoms with Crippen molar-refractivity contribution in [3.63, 3.8) is 0 Å². The third-order valence-corrected chi connectivity index (χ3v) is 4.23. The molecule has 0 aliphatic carbocycles. The molecule has 20 heavy (non-hydrogen) atoms. The first-order valence-electron chi connectivity index (χ1n) is 7.22. The minimum absolute atomic E-state index is 0.283. The molecular weight excluding hydrogens is 244 g/mol. The third kappa shape index (κ3) is 1.76. The number of aromatic amines is 1. The number of aromatic nitrogens is 1. The number of H-pyrrole nitrogens is 1. The van der Waals surface area contributed by atoms with E-state index in [2.05, 4.69) is 65.8 Å². The van der Waals surface area contributed by atoms with Crippen LogP contribution < -0.4 is 5.32 Å². The van der Waals surface area contributed by atoms with Crippen LogP contribution in [-0.2, 0) is 6.42 Å². The molecule has 1 atom stereocenters. The van der Waals surface area contributed by atoms with E-state index in [9.17, 15) is 0 Å². The summed E-state index contributed by atoms with van der Waals surface area (Å²) in [6.45, 7) is 3.19. The lowest BCUT2D eigenvalue weighted by Gasteiger charge is -2.25. The first-order valence-corrected chi connectivity index (χ1v) is 7.22. The third-order valence-electron chi connectivity index (χ3n) is 4.23. The molecule has 2 nitrogen and oxygen atoms in total. The average Bonchev–Trinajstić information content (AvgIpc) is 2.86. The number of aryl methyl sites for hydroxylation is 1. The maximum Gasteiger partial charge on any atom is 0.0732 e. The van der Waals surface area contributed by atoms with Crippen molar-refractivity contribution in [2.24, 2.45) is 0 Å². The van der Waals surface area contributed by atoms with Crippen LogP contribution >= 0.6 is 0 Å². The van der Waals surface area contributed by atoms with Gasteiger partial charge in [0.25, 0.3) is 0 Å². The Kier molecular flexibility index (Phi) is 2.64. The van der Waals surface area contributed by atoms with Gasteiger partial charge in [-0.2, -0.15) is 0 Å². The average molecular weight is 262 g/mol. The Hall–Kier alpha value is -2.06. The van der Waals surface area contributed by atoms with Gasteiger partial charge in [-0.05, 0) is 30.5 Å². The number of para-hydroxylation sites is 1. The molecule has 2 heteroatoms. The number of hydrogen-bond acceptors (Lipinski definition) is 1. The summed E-state index contributed by atoms with van der Waals surface area (Å²) in [5.74, 6) is 0. The summed E-state index contributed by atoms with van der Waals surface area (Å²) in [5.41, 5.74) is 6.72. The number of fused-ring (bicyclic) bond motifs is 3. The lowest BCUT2D eigenvalue weighted by atomic mass is 9.94. The van der Waals surface area contributed by atoms with Gasteiger partial charge in [0.2, 0.25) is 0 Å². The van der Waals surface area contributed by atoms with Crippen LogP contribution in [0.25, 0.3) is 10.9 Å². The zero-order valence-corrected chi connectivity index (χ0v) is 11.6. The molecule has 2 heterocycles. The van der Waals surface area contributed by atoms with Gasteiger partial charge in [0.1, 0.15) is 0 Å². The normalized spacial score (nSPS) is 18.1. The van der Waals surface area contributed by atoms with Crippen molar-refractivity contribution in [2.45, 2.75) is 19.4 Å². The molecule has 4 rings (SSSR count). The van der Waals surface area contributed by atoms with E-state index in [1.165, 1.54) is 33.3 Å². The fourth-order valence-corrected chi connectivity index (χ4v) is 3.31. The molecule has 0 saturated carbocycles. The Bertz CT molecular complexity index is 770. The molecular formula is C18H18N2. The van der Waals surface area contributed by atoms with Gasteiger partial charge >= 0.3 is 0 Å². The summed E-state index contributed by atoms with van der Waals surface area (Å²) in [5, 5.41) is 5.03. The molecule has 0 radical (unpaired) electrons. The van der Waals surface area contributed by atoms with Crippen LogP contribution in [0.3, 0.4) is 0 Å². The van der Waals surface area contributed by atoms with Gasteiger partial charge in [-0.1, -0.05) is 48.0 Å². The van der Waals surface area contributed by atoms with Crippen LogP contribution in [0.2, 0.25) is 0 Å². The predicted octanol–water partition coefficient (Wildman–Crippen LogP) is 3.71. The number of hydrogen-bond donors (Lipinski definition) is 2. The quantitative estimate of drug-likeness (QED) is 0.687. The predicted molar refractivity (Wildman–Crippen MR) is 83.0 cm³/mol. The molecule has 0 amide bonds. The van der Waals surface area contributed by atoms with E-state index in [0.29, 0.717) is 0 Å². The van der Waals surface area contributed by atoms with E-state index in [4.69, 9.17) is 0 Å². The highest BCUT2D eigenvalue weighted by Crippen LogP contribution is 2.33. The van der Waals surface area contributed by atoms with Crippen LogP contribution in [0.5, 0.6) is 0 Å². The molecule has 0 bridgehead atoms. The molecule has 2 aromatic carbocycles. The fourth-order valence-electron chi connectivity index (χ4n) is 3.31. The van der Waals surface area contributed by atoms with Gasteiger partial charge in [-0.15, -0.1) is 0 Å². The minimum atomic E-state index is 0.283. The Morgan fingerprint density at radius 1 is 1.05 bits per heavy atom. The van der Waals surface area contributed by atoms with E-state index in [1.807, 2.05) is 0 Å². The summed E-state index contributed by atoms with van der Waals surface area (Å²) >= 11 is 0. The second-order valence-electron chi connectivity index (χ2n) is 5.61. The molecule has 2 N–H and O–H groups in total. The zero-order valence-electron chi connectivity index (χ0n) is 11.6. The summed E-state index contributed by atoms with van der Waals surface area (Å²) < 4.78 is 0. The van der Waals surface area contributed by atoms with Gasteiger partial charge in [0, 0.05) is 23.1 Å². The second-order valence-corrected chi connectivity index (χ2v) is 5.61. The Balaban J connectivity index is 1.90. The van der Waals surface area contributed by atoms with E-state index < -0.39 is 0 Å². The molecule has 100 valence electrons. The number of nitrogens with one attached hydrogen (secondary N) is 2. The SMILES string of the molecule is Cc1cccc([C@@H]2NCCc3c2[nH]c2ccccc32)c1. The van der Waals surface area contributed by atoms with E-state index in [1.54, 1.807) is 0 Å². The Morgan fingerprint density at radius 2 is 1.95 bits per heavy atom. The first kappa shape index (κ1) is 11.7. The second kappa shape index (κ2) is 4.50. The first-order chi connectivity index (χ1) is 9.83. The highest BCUT2D eigenvalue weighted by molar-refractivity contribution is 5.85. The van der Waals surface area contributed by atoms with Crippen LogP contribution in [0.15, 0.2) is 48.5 Å². The van der Waals surface area contributed by atoms with Gasteiger partial charge in [0.05, 0.1) is 6.04 Å². The number of benzene rings is 2. The van der Waals surface area contributed by atoms with Crippen LogP contribution in [0.4, 0.5) is 0 Å². The Labute approximate surface area is 118 Å². The molecule has 1 aromatic heterocycles. The topological polar surface area (TPSA) is 27.8 Å². The van der Waals surface area contributed by atoms with Gasteiger partial charge < -0.3 is 10.3 Å². The maximum absolute atomic E-state index is 3.65. The molecule has 0 fully saturated rings. The molecule has 1 aliphatic heterocycles. The summed E-state index contributed by atoms with van der Waals surface area (Å²) in [4.78, 5) is 3.62. The van der Waals surface area contributed by atoms with Gasteiger partial charge in [-0.3, -0.25) is 0 Å². The van der Waals surface area contributed by atoms with Crippen molar-refractivity contribution in [1.82, 2.24) is 10.3 Å². The molecule has 1 aliphatic rings. The van der Waals surface area contributed by atoms with E-state index in [0.717, 1.165) is 13.0 Å².